The van der Waals surface area contributed by atoms with Gasteiger partial charge in [0.15, 0.2) is 0 Å². The molecule has 0 spiro atoms. The highest BCUT2D eigenvalue weighted by Crippen LogP contribution is 2.56. The van der Waals surface area contributed by atoms with Crippen molar-refractivity contribution < 1.29 is 0 Å². The van der Waals surface area contributed by atoms with Crippen LogP contribution in [0.4, 0.5) is 51.2 Å². The predicted octanol–water partition coefficient (Wildman–Crippen LogP) is 19.8. The van der Waals surface area contributed by atoms with Gasteiger partial charge in [0, 0.05) is 45.4 Å². The Morgan fingerprint density at radius 2 is 0.866 bits per heavy atom. The SMILES string of the molecule is Cc1cc(C(C)(C)C)ccc1N1c2ccc(-c3ccccc3)cc2B2c3cc4c(cc3N(c3ccc(C(C)(C)C)cc3-c3ccc5c(c3)C(C)(C)CC5(C)C)c3cc(N(c5ccccc5)c5ccccc5)cc1c32)C(C)(C)CCC4(C)C. The van der Waals surface area contributed by atoms with E-state index in [9.17, 15) is 0 Å². The molecular formula is C78H82BN3. The summed E-state index contributed by atoms with van der Waals surface area (Å²) in [7, 11) is 0. The number of anilines is 9. The zero-order chi connectivity index (χ0) is 57.6. The molecule has 0 atom stereocenters. The highest BCUT2D eigenvalue weighted by Gasteiger charge is 2.48. The second kappa shape index (κ2) is 18.7. The molecule has 4 heteroatoms. The van der Waals surface area contributed by atoms with Crippen molar-refractivity contribution in [3.8, 4) is 22.3 Å². The summed E-state index contributed by atoms with van der Waals surface area (Å²) in [6, 6.07) is 73.0. The Morgan fingerprint density at radius 3 is 1.45 bits per heavy atom. The van der Waals surface area contributed by atoms with E-state index in [1.807, 2.05) is 0 Å². The minimum absolute atomic E-state index is 0.0134. The van der Waals surface area contributed by atoms with Crippen molar-refractivity contribution in [3.05, 3.63) is 227 Å². The van der Waals surface area contributed by atoms with Crippen LogP contribution in [-0.2, 0) is 32.5 Å². The van der Waals surface area contributed by atoms with Gasteiger partial charge < -0.3 is 14.7 Å². The van der Waals surface area contributed by atoms with Gasteiger partial charge in [-0.3, -0.25) is 0 Å². The van der Waals surface area contributed by atoms with Gasteiger partial charge in [0.25, 0.3) is 6.71 Å². The van der Waals surface area contributed by atoms with E-state index in [1.54, 1.807) is 0 Å². The van der Waals surface area contributed by atoms with Crippen LogP contribution in [0.3, 0.4) is 0 Å². The van der Waals surface area contributed by atoms with Crippen LogP contribution in [0.15, 0.2) is 188 Å². The molecule has 0 saturated carbocycles. The minimum atomic E-state index is -0.0947. The lowest BCUT2D eigenvalue weighted by Gasteiger charge is -2.48. The first kappa shape index (κ1) is 53.7. The Labute approximate surface area is 491 Å². The molecule has 2 aliphatic heterocycles. The maximum Gasteiger partial charge on any atom is 0.252 e. The summed E-state index contributed by atoms with van der Waals surface area (Å²) in [5, 5.41) is 0. The number of hydrogen-bond acceptors (Lipinski definition) is 3. The van der Waals surface area contributed by atoms with Crippen LogP contribution >= 0.6 is 0 Å². The molecule has 2 heterocycles. The monoisotopic (exact) mass is 1070 g/mol. The summed E-state index contributed by atoms with van der Waals surface area (Å²) >= 11 is 0. The van der Waals surface area contributed by atoms with E-state index in [-0.39, 0.29) is 39.2 Å². The first-order chi connectivity index (χ1) is 38.8. The maximum atomic E-state index is 2.74. The maximum absolute atomic E-state index is 2.74. The molecule has 3 nitrogen and oxygen atoms in total. The Bertz CT molecular complexity index is 3960. The lowest BCUT2D eigenvalue weighted by atomic mass is 9.33. The average Bonchev–Trinajstić information content (AvgIpc) is 1.13. The van der Waals surface area contributed by atoms with Crippen LogP contribution in [0.2, 0.25) is 0 Å². The summed E-state index contributed by atoms with van der Waals surface area (Å²) in [4.78, 5) is 7.86. The summed E-state index contributed by atoms with van der Waals surface area (Å²) in [6.45, 7) is 36.1. The van der Waals surface area contributed by atoms with Crippen molar-refractivity contribution in [2.24, 2.45) is 0 Å². The number of aryl methyl sites for hydroxylation is 1. The third-order valence-corrected chi connectivity index (χ3v) is 19.5. The third kappa shape index (κ3) is 8.76. The predicted molar refractivity (Wildman–Crippen MR) is 354 cm³/mol. The fraction of sp³-hybridized carbons (Fsp3) is 0.308. The lowest BCUT2D eigenvalue weighted by molar-refractivity contribution is 0.332. The summed E-state index contributed by atoms with van der Waals surface area (Å²) in [6.07, 6.45) is 3.38. The van der Waals surface area contributed by atoms with Gasteiger partial charge in [-0.25, -0.2) is 0 Å². The first-order valence-electron chi connectivity index (χ1n) is 30.3. The van der Waals surface area contributed by atoms with Gasteiger partial charge in [-0.2, -0.15) is 0 Å². The fourth-order valence-electron chi connectivity index (χ4n) is 15.1. The van der Waals surface area contributed by atoms with Crippen LogP contribution in [0.1, 0.15) is 155 Å². The third-order valence-electron chi connectivity index (χ3n) is 19.5. The number of para-hydroxylation sites is 2. The van der Waals surface area contributed by atoms with Gasteiger partial charge in [-0.15, -0.1) is 0 Å². The van der Waals surface area contributed by atoms with Crippen molar-refractivity contribution in [2.75, 3.05) is 14.7 Å². The summed E-state index contributed by atoms with van der Waals surface area (Å²) in [5.74, 6) is 0. The molecule has 0 unspecified atom stereocenters. The molecule has 0 N–H and O–H groups in total. The van der Waals surface area contributed by atoms with E-state index in [1.165, 1.54) is 112 Å². The molecule has 0 radical (unpaired) electrons. The molecule has 0 amide bonds. The number of benzene rings is 9. The summed E-state index contributed by atoms with van der Waals surface area (Å²) < 4.78 is 0. The Morgan fingerprint density at radius 1 is 0.378 bits per heavy atom. The molecule has 0 bridgehead atoms. The molecule has 13 rings (SSSR count). The van der Waals surface area contributed by atoms with Crippen LogP contribution in [0.5, 0.6) is 0 Å². The normalized spacial score (nSPS) is 16.9. The molecule has 9 aromatic carbocycles. The molecule has 82 heavy (non-hydrogen) atoms. The number of nitrogens with zero attached hydrogens (tertiary/aromatic N) is 3. The highest BCUT2D eigenvalue weighted by molar-refractivity contribution is 7.00. The number of hydrogen-bond donors (Lipinski definition) is 0. The van der Waals surface area contributed by atoms with Crippen molar-refractivity contribution in [1.29, 1.82) is 0 Å². The van der Waals surface area contributed by atoms with E-state index in [0.29, 0.717) is 0 Å². The Kier molecular flexibility index (Phi) is 12.3. The van der Waals surface area contributed by atoms with Gasteiger partial charge >= 0.3 is 0 Å². The second-order valence-corrected chi connectivity index (χ2v) is 29.3. The molecule has 9 aromatic rings. The number of fused-ring (bicyclic) bond motifs is 6. The van der Waals surface area contributed by atoms with E-state index < -0.39 is 0 Å². The van der Waals surface area contributed by atoms with Gasteiger partial charge in [-0.1, -0.05) is 218 Å². The highest BCUT2D eigenvalue weighted by atomic mass is 15.2. The van der Waals surface area contributed by atoms with Crippen molar-refractivity contribution in [3.63, 3.8) is 0 Å². The van der Waals surface area contributed by atoms with Gasteiger partial charge in [0.05, 0.1) is 11.4 Å². The van der Waals surface area contributed by atoms with Crippen molar-refractivity contribution in [2.45, 2.75) is 156 Å². The zero-order valence-corrected chi connectivity index (χ0v) is 51.4. The molecule has 4 aliphatic rings. The van der Waals surface area contributed by atoms with E-state index >= 15 is 0 Å². The minimum Gasteiger partial charge on any atom is -0.311 e. The molecule has 0 saturated heterocycles. The Balaban J connectivity index is 1.21. The molecule has 412 valence electrons. The standard InChI is InChI=1S/C78H82BN3/c1-50-41-54(73(2,3)4)33-37-66(50)81-68-36-32-52(51-25-19-16-20-26-51)43-64(68)79-65-47-62-63(76(10,11)40-39-75(62,8)9)48-69(65)82(71-46-58(45-70(81)72(71)79)80(56-27-21-17-22-28-56)57-29-23-18-24-30-57)67-38-34-55(74(5,6)7)44-59(67)53-31-35-60-61(42-53)78(14,15)49-77(60,12)13/h16-38,41-48H,39-40,49H2,1-15H3. The number of rotatable bonds is 7. The van der Waals surface area contributed by atoms with Crippen LogP contribution in [-0.4, -0.2) is 6.71 Å². The molecular weight excluding hydrogens is 990 g/mol. The first-order valence-corrected chi connectivity index (χ1v) is 30.3. The molecule has 0 aromatic heterocycles. The topological polar surface area (TPSA) is 9.72 Å². The van der Waals surface area contributed by atoms with Crippen LogP contribution < -0.4 is 31.1 Å². The van der Waals surface area contributed by atoms with Gasteiger partial charge in [-0.05, 0) is 197 Å². The van der Waals surface area contributed by atoms with E-state index in [2.05, 4.69) is 307 Å². The van der Waals surface area contributed by atoms with Crippen molar-refractivity contribution in [1.82, 2.24) is 0 Å². The average molecular weight is 1070 g/mol. The molecule has 2 aliphatic carbocycles. The Hall–Kier alpha value is -7.56. The smallest absolute Gasteiger partial charge is 0.252 e. The quantitative estimate of drug-likeness (QED) is 0.147. The van der Waals surface area contributed by atoms with Crippen molar-refractivity contribution >= 4 is 74.3 Å². The fourth-order valence-corrected chi connectivity index (χ4v) is 15.1. The van der Waals surface area contributed by atoms with Crippen LogP contribution in [0, 0.1) is 6.92 Å². The largest absolute Gasteiger partial charge is 0.311 e. The summed E-state index contributed by atoms with van der Waals surface area (Å²) in [5.41, 5.74) is 29.3. The van der Waals surface area contributed by atoms with E-state index in [0.717, 1.165) is 36.3 Å². The lowest BCUT2D eigenvalue weighted by Crippen LogP contribution is -2.62. The molecule has 0 fully saturated rings. The van der Waals surface area contributed by atoms with Crippen LogP contribution in [0.25, 0.3) is 22.3 Å². The second-order valence-electron chi connectivity index (χ2n) is 29.3. The van der Waals surface area contributed by atoms with Gasteiger partial charge in [0.2, 0.25) is 0 Å². The van der Waals surface area contributed by atoms with E-state index in [4.69, 9.17) is 0 Å². The van der Waals surface area contributed by atoms with Gasteiger partial charge in [0.1, 0.15) is 0 Å². The zero-order valence-electron chi connectivity index (χ0n) is 51.4.